The smallest absolute Gasteiger partial charge is 0.129 e. The zero-order valence-electron chi connectivity index (χ0n) is 10.5. The molecule has 0 amide bonds. The van der Waals surface area contributed by atoms with E-state index in [9.17, 15) is 5.11 Å². The van der Waals surface area contributed by atoms with Gasteiger partial charge in [-0.05, 0) is 25.0 Å². The summed E-state index contributed by atoms with van der Waals surface area (Å²) < 4.78 is 15.8. The third-order valence-corrected chi connectivity index (χ3v) is 3.00. The number of rotatable bonds is 7. The van der Waals surface area contributed by atoms with Gasteiger partial charge in [0.05, 0.1) is 19.0 Å². The van der Waals surface area contributed by atoms with Crippen molar-refractivity contribution in [2.75, 3.05) is 26.4 Å². The molecule has 1 fully saturated rings. The summed E-state index contributed by atoms with van der Waals surface area (Å²) in [5.41, 5.74) is 0. The highest BCUT2D eigenvalue weighted by atomic mass is 16.5. The van der Waals surface area contributed by atoms with Gasteiger partial charge in [0, 0.05) is 25.8 Å². The van der Waals surface area contributed by atoms with Crippen molar-refractivity contribution in [1.29, 1.82) is 0 Å². The summed E-state index contributed by atoms with van der Waals surface area (Å²) in [4.78, 5) is 0. The van der Waals surface area contributed by atoms with Crippen LogP contribution in [-0.4, -0.2) is 43.6 Å². The van der Waals surface area contributed by atoms with Gasteiger partial charge < -0.3 is 24.3 Å². The third kappa shape index (κ3) is 4.78. The van der Waals surface area contributed by atoms with E-state index in [1.54, 1.807) is 6.26 Å². The van der Waals surface area contributed by atoms with E-state index in [1.807, 2.05) is 12.1 Å². The van der Waals surface area contributed by atoms with Crippen molar-refractivity contribution in [3.05, 3.63) is 24.2 Å². The average molecular weight is 255 g/mol. The van der Waals surface area contributed by atoms with Crippen LogP contribution in [0.15, 0.2) is 22.8 Å². The van der Waals surface area contributed by atoms with Crippen molar-refractivity contribution in [2.24, 2.45) is 0 Å². The van der Waals surface area contributed by atoms with Gasteiger partial charge in [0.1, 0.15) is 12.4 Å². The van der Waals surface area contributed by atoms with E-state index in [1.165, 1.54) is 0 Å². The van der Waals surface area contributed by atoms with Crippen LogP contribution in [0.3, 0.4) is 0 Å². The Hall–Kier alpha value is -0.880. The molecule has 1 aromatic rings. The zero-order chi connectivity index (χ0) is 12.6. The molecule has 5 heteroatoms. The molecular weight excluding hydrogens is 234 g/mol. The Bertz CT molecular complexity index is 309. The minimum atomic E-state index is -0.484. The Kier molecular flexibility index (Phi) is 5.67. The van der Waals surface area contributed by atoms with Crippen molar-refractivity contribution in [3.8, 4) is 0 Å². The molecule has 0 aliphatic carbocycles. The van der Waals surface area contributed by atoms with Gasteiger partial charge in [-0.3, -0.25) is 0 Å². The van der Waals surface area contributed by atoms with Crippen molar-refractivity contribution < 1.29 is 19.0 Å². The van der Waals surface area contributed by atoms with E-state index < -0.39 is 6.10 Å². The number of furan rings is 1. The number of ether oxygens (including phenoxy) is 2. The van der Waals surface area contributed by atoms with Crippen LogP contribution in [0, 0.1) is 0 Å². The molecule has 1 unspecified atom stereocenters. The van der Waals surface area contributed by atoms with Gasteiger partial charge in [0.2, 0.25) is 0 Å². The Morgan fingerprint density at radius 3 is 3.00 bits per heavy atom. The number of nitrogens with one attached hydrogen (secondary N) is 1. The van der Waals surface area contributed by atoms with Crippen LogP contribution in [0.25, 0.3) is 0 Å². The summed E-state index contributed by atoms with van der Waals surface area (Å²) in [7, 11) is 0. The molecule has 102 valence electrons. The fraction of sp³-hybridized carbons (Fsp3) is 0.692. The summed E-state index contributed by atoms with van der Waals surface area (Å²) in [5.74, 6) is 0.777. The lowest BCUT2D eigenvalue weighted by Gasteiger charge is -2.24. The predicted octanol–water partition coefficient (Wildman–Crippen LogP) is 0.926. The molecule has 5 nitrogen and oxygen atoms in total. The molecule has 18 heavy (non-hydrogen) atoms. The summed E-state index contributed by atoms with van der Waals surface area (Å²) in [6.45, 7) is 2.90. The molecule has 1 aromatic heterocycles. The molecule has 2 heterocycles. The first-order valence-electron chi connectivity index (χ1n) is 6.44. The van der Waals surface area contributed by atoms with Crippen molar-refractivity contribution >= 4 is 0 Å². The maximum atomic E-state index is 9.76. The molecule has 0 spiro atoms. The van der Waals surface area contributed by atoms with Gasteiger partial charge in [0.15, 0.2) is 0 Å². The molecule has 0 aromatic carbocycles. The first-order valence-corrected chi connectivity index (χ1v) is 6.44. The van der Waals surface area contributed by atoms with E-state index in [4.69, 9.17) is 13.9 Å². The molecule has 1 saturated heterocycles. The second-order valence-electron chi connectivity index (χ2n) is 4.54. The predicted molar refractivity (Wildman–Crippen MR) is 66.2 cm³/mol. The normalized spacial score (nSPS) is 18.9. The fourth-order valence-corrected chi connectivity index (χ4v) is 1.95. The third-order valence-electron chi connectivity index (χ3n) is 3.00. The van der Waals surface area contributed by atoms with Gasteiger partial charge >= 0.3 is 0 Å². The Morgan fingerprint density at radius 2 is 2.28 bits per heavy atom. The summed E-state index contributed by atoms with van der Waals surface area (Å²) >= 11 is 0. The zero-order valence-corrected chi connectivity index (χ0v) is 10.5. The highest BCUT2D eigenvalue weighted by molar-refractivity contribution is 4.96. The van der Waals surface area contributed by atoms with Gasteiger partial charge in [-0.15, -0.1) is 0 Å². The number of aliphatic hydroxyl groups is 1. The molecule has 1 aliphatic heterocycles. The lowest BCUT2D eigenvalue weighted by Crippen LogP contribution is -2.40. The van der Waals surface area contributed by atoms with Crippen LogP contribution in [0.4, 0.5) is 0 Å². The molecule has 1 atom stereocenters. The second-order valence-corrected chi connectivity index (χ2v) is 4.54. The Morgan fingerprint density at radius 1 is 1.44 bits per heavy atom. The first-order chi connectivity index (χ1) is 8.84. The number of hydrogen-bond donors (Lipinski definition) is 2. The maximum Gasteiger partial charge on any atom is 0.129 e. The Balaban J connectivity index is 1.53. The standard InChI is InChI=1S/C13H21NO4/c15-12(8-14-11-3-6-16-7-4-11)9-17-10-13-2-1-5-18-13/h1-2,5,11-12,14-15H,3-4,6-10H2. The molecular formula is C13H21NO4. The maximum absolute atomic E-state index is 9.76. The fourth-order valence-electron chi connectivity index (χ4n) is 1.95. The van der Waals surface area contributed by atoms with Crippen LogP contribution in [0.1, 0.15) is 18.6 Å². The average Bonchev–Trinajstić information content (AvgIpc) is 2.91. The van der Waals surface area contributed by atoms with Crippen LogP contribution in [0.2, 0.25) is 0 Å². The van der Waals surface area contributed by atoms with Crippen LogP contribution >= 0.6 is 0 Å². The monoisotopic (exact) mass is 255 g/mol. The van der Waals surface area contributed by atoms with E-state index >= 15 is 0 Å². The quantitative estimate of drug-likeness (QED) is 0.758. The molecule has 0 radical (unpaired) electrons. The minimum absolute atomic E-state index is 0.316. The van der Waals surface area contributed by atoms with E-state index in [0.717, 1.165) is 31.8 Å². The van der Waals surface area contributed by atoms with Crippen molar-refractivity contribution in [1.82, 2.24) is 5.32 Å². The lowest BCUT2D eigenvalue weighted by molar-refractivity contribution is 0.0175. The van der Waals surface area contributed by atoms with Gasteiger partial charge in [0.25, 0.3) is 0 Å². The van der Waals surface area contributed by atoms with Crippen LogP contribution in [-0.2, 0) is 16.1 Å². The largest absolute Gasteiger partial charge is 0.467 e. The molecule has 2 rings (SSSR count). The SMILES string of the molecule is OC(CNC1CCOCC1)COCc1ccco1. The Labute approximate surface area is 107 Å². The lowest BCUT2D eigenvalue weighted by atomic mass is 10.1. The number of aliphatic hydroxyl groups excluding tert-OH is 1. The van der Waals surface area contributed by atoms with Crippen molar-refractivity contribution in [2.45, 2.75) is 31.6 Å². The van der Waals surface area contributed by atoms with Gasteiger partial charge in [-0.1, -0.05) is 0 Å². The first kappa shape index (κ1) is 13.5. The van der Waals surface area contributed by atoms with Gasteiger partial charge in [-0.2, -0.15) is 0 Å². The highest BCUT2D eigenvalue weighted by Crippen LogP contribution is 2.06. The summed E-state index contributed by atoms with van der Waals surface area (Å²) in [6, 6.07) is 4.13. The summed E-state index contributed by atoms with van der Waals surface area (Å²) in [6.07, 6.45) is 3.16. The molecule has 0 bridgehead atoms. The van der Waals surface area contributed by atoms with E-state index in [-0.39, 0.29) is 0 Å². The van der Waals surface area contributed by atoms with Crippen LogP contribution < -0.4 is 5.32 Å². The molecule has 1 aliphatic rings. The topological polar surface area (TPSA) is 63.9 Å². The molecule has 2 N–H and O–H groups in total. The number of hydrogen-bond acceptors (Lipinski definition) is 5. The van der Waals surface area contributed by atoms with Crippen LogP contribution in [0.5, 0.6) is 0 Å². The van der Waals surface area contributed by atoms with Crippen molar-refractivity contribution in [3.63, 3.8) is 0 Å². The van der Waals surface area contributed by atoms with Gasteiger partial charge in [-0.25, -0.2) is 0 Å². The van der Waals surface area contributed by atoms with E-state index in [0.29, 0.717) is 25.8 Å². The highest BCUT2D eigenvalue weighted by Gasteiger charge is 2.14. The van der Waals surface area contributed by atoms with E-state index in [2.05, 4.69) is 5.32 Å². The molecule has 0 saturated carbocycles. The summed E-state index contributed by atoms with van der Waals surface area (Å²) in [5, 5.41) is 13.1. The minimum Gasteiger partial charge on any atom is -0.467 e. The second kappa shape index (κ2) is 7.53.